The molecule has 0 aliphatic carbocycles. The van der Waals surface area contributed by atoms with Crippen LogP contribution in [0, 0.1) is 0 Å². The van der Waals surface area contributed by atoms with Crippen molar-refractivity contribution in [2.45, 2.75) is 25.8 Å². The lowest BCUT2D eigenvalue weighted by Gasteiger charge is -2.34. The van der Waals surface area contributed by atoms with Crippen LogP contribution in [-0.2, 0) is 4.74 Å². The van der Waals surface area contributed by atoms with E-state index in [9.17, 15) is 4.79 Å². The van der Waals surface area contributed by atoms with Crippen LogP contribution in [-0.4, -0.2) is 68.8 Å². The molecule has 0 unspecified atom stereocenters. The van der Waals surface area contributed by atoms with Gasteiger partial charge in [0, 0.05) is 46.4 Å². The minimum atomic E-state index is 0.123. The van der Waals surface area contributed by atoms with E-state index in [0.717, 1.165) is 45.7 Å². The van der Waals surface area contributed by atoms with Crippen LogP contribution in [0.5, 0.6) is 0 Å². The molecular formula is C12H25N3O2. The molecule has 2 amide bonds. The molecule has 100 valence electrons. The molecule has 1 aliphatic heterocycles. The van der Waals surface area contributed by atoms with E-state index in [1.54, 1.807) is 19.0 Å². The van der Waals surface area contributed by atoms with Gasteiger partial charge in [-0.3, -0.25) is 0 Å². The quantitative estimate of drug-likeness (QED) is 0.725. The van der Waals surface area contributed by atoms with Crippen molar-refractivity contribution in [3.05, 3.63) is 0 Å². The highest BCUT2D eigenvalue weighted by Crippen LogP contribution is 2.11. The van der Waals surface area contributed by atoms with Crippen LogP contribution in [0.3, 0.4) is 0 Å². The summed E-state index contributed by atoms with van der Waals surface area (Å²) in [6, 6.07) is 0.652. The van der Waals surface area contributed by atoms with Gasteiger partial charge in [-0.1, -0.05) is 0 Å². The molecule has 1 aliphatic rings. The summed E-state index contributed by atoms with van der Waals surface area (Å²) in [5, 5.41) is 3.47. The molecule has 1 saturated heterocycles. The monoisotopic (exact) mass is 243 g/mol. The highest BCUT2D eigenvalue weighted by atomic mass is 16.5. The molecule has 0 aromatic carbocycles. The third-order valence-corrected chi connectivity index (χ3v) is 3.03. The van der Waals surface area contributed by atoms with Gasteiger partial charge in [-0.25, -0.2) is 4.79 Å². The number of carbonyl (C=O) groups is 1. The largest absolute Gasteiger partial charge is 0.380 e. The van der Waals surface area contributed by atoms with Crippen molar-refractivity contribution in [1.29, 1.82) is 0 Å². The van der Waals surface area contributed by atoms with Crippen molar-refractivity contribution < 1.29 is 9.53 Å². The van der Waals surface area contributed by atoms with Gasteiger partial charge in [0.05, 0.1) is 6.61 Å². The number of hydrogen-bond acceptors (Lipinski definition) is 3. The lowest BCUT2D eigenvalue weighted by Crippen LogP contribution is -2.48. The zero-order valence-corrected chi connectivity index (χ0v) is 11.2. The molecule has 0 radical (unpaired) electrons. The Labute approximate surface area is 104 Å². The number of ether oxygens (including phenoxy) is 1. The van der Waals surface area contributed by atoms with E-state index in [4.69, 9.17) is 4.74 Å². The van der Waals surface area contributed by atoms with Crippen molar-refractivity contribution in [3.8, 4) is 0 Å². The lowest BCUT2D eigenvalue weighted by molar-refractivity contribution is 0.135. The van der Waals surface area contributed by atoms with E-state index in [2.05, 4.69) is 5.32 Å². The van der Waals surface area contributed by atoms with E-state index in [0.29, 0.717) is 6.04 Å². The number of nitrogens with one attached hydrogen (secondary N) is 1. The smallest absolute Gasteiger partial charge is 0.319 e. The molecule has 0 aromatic heterocycles. The zero-order valence-electron chi connectivity index (χ0n) is 11.2. The first-order valence-electron chi connectivity index (χ1n) is 6.42. The zero-order chi connectivity index (χ0) is 12.7. The van der Waals surface area contributed by atoms with Crippen LogP contribution in [0.25, 0.3) is 0 Å². The minimum Gasteiger partial charge on any atom is -0.380 e. The summed E-state index contributed by atoms with van der Waals surface area (Å²) >= 11 is 0. The van der Waals surface area contributed by atoms with Crippen LogP contribution >= 0.6 is 0 Å². The highest BCUT2D eigenvalue weighted by molar-refractivity contribution is 5.73. The lowest BCUT2D eigenvalue weighted by atomic mass is 10.1. The molecular weight excluding hydrogens is 218 g/mol. The Hall–Kier alpha value is -0.810. The van der Waals surface area contributed by atoms with Crippen molar-refractivity contribution in [2.24, 2.45) is 0 Å². The Morgan fingerprint density at radius 3 is 2.59 bits per heavy atom. The Morgan fingerprint density at radius 2 is 2.06 bits per heavy atom. The van der Waals surface area contributed by atoms with Gasteiger partial charge in [0.15, 0.2) is 0 Å². The topological polar surface area (TPSA) is 44.8 Å². The maximum Gasteiger partial charge on any atom is 0.319 e. The summed E-state index contributed by atoms with van der Waals surface area (Å²) in [6.07, 6.45) is 2.07. The molecule has 1 rings (SSSR count). The molecule has 5 heteroatoms. The summed E-state index contributed by atoms with van der Waals surface area (Å²) in [5.74, 6) is 0. The van der Waals surface area contributed by atoms with Gasteiger partial charge in [0.2, 0.25) is 0 Å². The molecule has 0 spiro atoms. The minimum absolute atomic E-state index is 0.123. The predicted octanol–water partition coefficient (Wildman–Crippen LogP) is 0.759. The molecule has 1 N–H and O–H groups in total. The average molecular weight is 243 g/mol. The van der Waals surface area contributed by atoms with E-state index in [1.807, 2.05) is 11.8 Å². The Kier molecular flexibility index (Phi) is 6.29. The van der Waals surface area contributed by atoms with Gasteiger partial charge < -0.3 is 19.9 Å². The highest BCUT2D eigenvalue weighted by Gasteiger charge is 2.22. The Bertz CT molecular complexity index is 226. The maximum absolute atomic E-state index is 11.7. The number of carbonyl (C=O) groups excluding carboxylic acids is 1. The molecule has 0 atom stereocenters. The van der Waals surface area contributed by atoms with E-state index < -0.39 is 0 Å². The van der Waals surface area contributed by atoms with Crippen LogP contribution in [0.15, 0.2) is 0 Å². The van der Waals surface area contributed by atoms with Crippen molar-refractivity contribution in [2.75, 3.05) is 46.9 Å². The second-order valence-electron chi connectivity index (χ2n) is 4.59. The number of piperidine rings is 1. The molecule has 5 nitrogen and oxygen atoms in total. The first kappa shape index (κ1) is 14.3. The summed E-state index contributed by atoms with van der Waals surface area (Å²) in [6.45, 7) is 6.16. The van der Waals surface area contributed by atoms with Gasteiger partial charge in [-0.15, -0.1) is 0 Å². The SMILES string of the molecule is CCOCCNC1CCN(C(=O)N(C)C)CC1. The summed E-state index contributed by atoms with van der Waals surface area (Å²) in [5.41, 5.74) is 0. The number of likely N-dealkylation sites (tertiary alicyclic amines) is 1. The van der Waals surface area contributed by atoms with Crippen molar-refractivity contribution >= 4 is 6.03 Å². The first-order valence-corrected chi connectivity index (χ1v) is 6.42. The van der Waals surface area contributed by atoms with Crippen LogP contribution < -0.4 is 5.32 Å². The molecule has 17 heavy (non-hydrogen) atoms. The van der Waals surface area contributed by atoms with E-state index in [-0.39, 0.29) is 6.03 Å². The Balaban J connectivity index is 2.15. The normalized spacial score (nSPS) is 17.2. The van der Waals surface area contributed by atoms with Gasteiger partial charge in [0.1, 0.15) is 0 Å². The van der Waals surface area contributed by atoms with Gasteiger partial charge in [-0.2, -0.15) is 0 Å². The number of rotatable bonds is 5. The fourth-order valence-electron chi connectivity index (χ4n) is 2.04. The van der Waals surface area contributed by atoms with Crippen LogP contribution in [0.4, 0.5) is 4.79 Å². The average Bonchev–Trinajstić information content (AvgIpc) is 2.34. The molecule has 0 saturated carbocycles. The fourth-order valence-corrected chi connectivity index (χ4v) is 2.04. The molecule has 0 aromatic rings. The van der Waals surface area contributed by atoms with Gasteiger partial charge in [0.25, 0.3) is 0 Å². The number of amides is 2. The molecule has 0 bridgehead atoms. The third-order valence-electron chi connectivity index (χ3n) is 3.03. The van der Waals surface area contributed by atoms with Gasteiger partial charge in [-0.05, 0) is 19.8 Å². The van der Waals surface area contributed by atoms with Crippen LogP contribution in [0.1, 0.15) is 19.8 Å². The molecule has 1 heterocycles. The van der Waals surface area contributed by atoms with Crippen molar-refractivity contribution in [3.63, 3.8) is 0 Å². The summed E-state index contributed by atoms with van der Waals surface area (Å²) in [7, 11) is 3.60. The summed E-state index contributed by atoms with van der Waals surface area (Å²) in [4.78, 5) is 15.3. The van der Waals surface area contributed by atoms with Gasteiger partial charge >= 0.3 is 6.03 Å². The number of nitrogens with zero attached hydrogens (tertiary/aromatic N) is 2. The second-order valence-corrected chi connectivity index (χ2v) is 4.59. The fraction of sp³-hybridized carbons (Fsp3) is 0.917. The maximum atomic E-state index is 11.7. The number of hydrogen-bond donors (Lipinski definition) is 1. The summed E-state index contributed by atoms with van der Waals surface area (Å²) < 4.78 is 5.28. The third kappa shape index (κ3) is 4.91. The van der Waals surface area contributed by atoms with Crippen LogP contribution in [0.2, 0.25) is 0 Å². The number of urea groups is 1. The van der Waals surface area contributed by atoms with E-state index in [1.165, 1.54) is 0 Å². The predicted molar refractivity (Wildman–Crippen MR) is 68.2 cm³/mol. The standard InChI is InChI=1S/C12H25N3O2/c1-4-17-10-7-13-11-5-8-15(9-6-11)12(16)14(2)3/h11,13H,4-10H2,1-3H3. The second kappa shape index (κ2) is 7.50. The Morgan fingerprint density at radius 1 is 1.41 bits per heavy atom. The molecule has 1 fully saturated rings. The van der Waals surface area contributed by atoms with Crippen molar-refractivity contribution in [1.82, 2.24) is 15.1 Å². The van der Waals surface area contributed by atoms with E-state index >= 15 is 0 Å². The first-order chi connectivity index (χ1) is 8.15.